The number of rotatable bonds is 3. The minimum atomic E-state index is 0.455. The lowest BCUT2D eigenvalue weighted by Crippen LogP contribution is -2.29. The highest BCUT2D eigenvalue weighted by molar-refractivity contribution is 5.13. The van der Waals surface area contributed by atoms with E-state index in [0.717, 1.165) is 17.8 Å². The van der Waals surface area contributed by atoms with Crippen LogP contribution in [0.5, 0.6) is 0 Å². The van der Waals surface area contributed by atoms with E-state index in [1.54, 1.807) is 6.33 Å². The zero-order valence-electron chi connectivity index (χ0n) is 9.76. The Hall–Kier alpha value is -0.960. The molecule has 0 radical (unpaired) electrons. The molecule has 1 aromatic heterocycles. The van der Waals surface area contributed by atoms with Crippen molar-refractivity contribution < 1.29 is 0 Å². The number of fused-ring (bicyclic) bond motifs is 2. The Morgan fingerprint density at radius 2 is 2.06 bits per heavy atom. The number of hydrogen-bond acceptors (Lipinski definition) is 3. The summed E-state index contributed by atoms with van der Waals surface area (Å²) < 4.78 is 0. The van der Waals surface area contributed by atoms with Gasteiger partial charge in [-0.25, -0.2) is 9.97 Å². The van der Waals surface area contributed by atoms with E-state index in [4.69, 9.17) is 0 Å². The van der Waals surface area contributed by atoms with Crippen LogP contribution in [0, 0.1) is 17.8 Å². The molecular formula is C13H19N3. The van der Waals surface area contributed by atoms with Crippen LogP contribution >= 0.6 is 0 Å². The Morgan fingerprint density at radius 1 is 1.25 bits per heavy atom. The molecule has 3 rings (SSSR count). The van der Waals surface area contributed by atoms with Crippen LogP contribution in [0.3, 0.4) is 0 Å². The highest BCUT2D eigenvalue weighted by Gasteiger charge is 2.43. The number of nitrogens with zero attached hydrogens (tertiary/aromatic N) is 2. The molecule has 2 aliphatic rings. The molecule has 3 heteroatoms. The highest BCUT2D eigenvalue weighted by atomic mass is 14.9. The Balaban J connectivity index is 1.81. The summed E-state index contributed by atoms with van der Waals surface area (Å²) in [5.41, 5.74) is 1.25. The fourth-order valence-corrected chi connectivity index (χ4v) is 3.80. The van der Waals surface area contributed by atoms with Crippen LogP contribution in [0.2, 0.25) is 0 Å². The van der Waals surface area contributed by atoms with Gasteiger partial charge < -0.3 is 5.32 Å². The molecule has 2 fully saturated rings. The lowest BCUT2D eigenvalue weighted by molar-refractivity contribution is 0.259. The number of aromatic nitrogens is 2. The molecule has 0 amide bonds. The molecule has 16 heavy (non-hydrogen) atoms. The third-order valence-corrected chi connectivity index (χ3v) is 4.47. The molecule has 0 spiro atoms. The minimum Gasteiger partial charge on any atom is -0.313 e. The van der Waals surface area contributed by atoms with Gasteiger partial charge in [-0.15, -0.1) is 0 Å². The van der Waals surface area contributed by atoms with E-state index in [1.165, 1.54) is 31.2 Å². The van der Waals surface area contributed by atoms with Gasteiger partial charge in [-0.1, -0.05) is 6.42 Å². The molecule has 1 heterocycles. The summed E-state index contributed by atoms with van der Waals surface area (Å²) in [5.74, 6) is 2.73. The SMILES string of the molecule is CNC(c1cncnc1)C1CC2CCC1C2. The van der Waals surface area contributed by atoms with Gasteiger partial charge in [0, 0.05) is 24.0 Å². The van der Waals surface area contributed by atoms with Gasteiger partial charge in [0.25, 0.3) is 0 Å². The lowest BCUT2D eigenvalue weighted by Gasteiger charge is -2.30. The van der Waals surface area contributed by atoms with Gasteiger partial charge in [0.1, 0.15) is 6.33 Å². The fraction of sp³-hybridized carbons (Fsp3) is 0.692. The summed E-state index contributed by atoms with van der Waals surface area (Å²) in [6.45, 7) is 0. The van der Waals surface area contributed by atoms with E-state index in [2.05, 4.69) is 22.3 Å². The average molecular weight is 217 g/mol. The molecule has 4 atom stereocenters. The van der Waals surface area contributed by atoms with Gasteiger partial charge in [0.05, 0.1) is 0 Å². The Kier molecular flexibility index (Phi) is 2.64. The summed E-state index contributed by atoms with van der Waals surface area (Å²) in [6.07, 6.45) is 11.3. The van der Waals surface area contributed by atoms with Crippen LogP contribution in [0.4, 0.5) is 0 Å². The minimum absolute atomic E-state index is 0.455. The van der Waals surface area contributed by atoms with E-state index >= 15 is 0 Å². The first kappa shape index (κ1) is 10.2. The first-order valence-corrected chi connectivity index (χ1v) is 6.30. The quantitative estimate of drug-likeness (QED) is 0.843. The Morgan fingerprint density at radius 3 is 2.62 bits per heavy atom. The summed E-state index contributed by atoms with van der Waals surface area (Å²) in [4.78, 5) is 8.27. The maximum Gasteiger partial charge on any atom is 0.115 e. The predicted octanol–water partition coefficient (Wildman–Crippen LogP) is 2.17. The van der Waals surface area contributed by atoms with Gasteiger partial charge in [0.15, 0.2) is 0 Å². The van der Waals surface area contributed by atoms with Crippen molar-refractivity contribution in [3.05, 3.63) is 24.3 Å². The van der Waals surface area contributed by atoms with Crippen LogP contribution in [0.15, 0.2) is 18.7 Å². The molecular weight excluding hydrogens is 198 g/mol. The molecule has 0 saturated heterocycles. The number of nitrogens with one attached hydrogen (secondary N) is 1. The molecule has 3 nitrogen and oxygen atoms in total. The standard InChI is InChI=1S/C13H19N3/c1-14-13(11-6-15-8-16-7-11)12-5-9-2-3-10(12)4-9/h6-10,12-14H,2-5H2,1H3. The topological polar surface area (TPSA) is 37.8 Å². The van der Waals surface area contributed by atoms with Crippen LogP contribution in [0.1, 0.15) is 37.3 Å². The van der Waals surface area contributed by atoms with E-state index in [0.29, 0.717) is 6.04 Å². The van der Waals surface area contributed by atoms with E-state index in [1.807, 2.05) is 12.4 Å². The third kappa shape index (κ3) is 1.63. The van der Waals surface area contributed by atoms with Crippen molar-refractivity contribution in [2.45, 2.75) is 31.7 Å². The maximum absolute atomic E-state index is 4.14. The molecule has 2 aliphatic carbocycles. The molecule has 1 N–H and O–H groups in total. The van der Waals surface area contributed by atoms with Crippen molar-refractivity contribution in [2.75, 3.05) is 7.05 Å². The molecule has 2 bridgehead atoms. The van der Waals surface area contributed by atoms with Crippen LogP contribution in [0.25, 0.3) is 0 Å². The van der Waals surface area contributed by atoms with E-state index in [9.17, 15) is 0 Å². The monoisotopic (exact) mass is 217 g/mol. The zero-order valence-corrected chi connectivity index (χ0v) is 9.76. The van der Waals surface area contributed by atoms with Gasteiger partial charge in [-0.05, 0) is 44.1 Å². The average Bonchev–Trinajstić information content (AvgIpc) is 2.94. The summed E-state index contributed by atoms with van der Waals surface area (Å²) in [7, 11) is 2.06. The van der Waals surface area contributed by atoms with E-state index < -0.39 is 0 Å². The van der Waals surface area contributed by atoms with Crippen molar-refractivity contribution in [2.24, 2.45) is 17.8 Å². The summed E-state index contributed by atoms with van der Waals surface area (Å²) >= 11 is 0. The van der Waals surface area contributed by atoms with Gasteiger partial charge in [-0.2, -0.15) is 0 Å². The van der Waals surface area contributed by atoms with Crippen molar-refractivity contribution in [1.82, 2.24) is 15.3 Å². The molecule has 86 valence electrons. The van der Waals surface area contributed by atoms with Crippen LogP contribution in [-0.2, 0) is 0 Å². The first-order valence-electron chi connectivity index (χ1n) is 6.30. The highest BCUT2D eigenvalue weighted by Crippen LogP contribution is 2.52. The molecule has 2 saturated carbocycles. The Bertz CT molecular complexity index is 351. The van der Waals surface area contributed by atoms with Crippen LogP contribution < -0.4 is 5.32 Å². The van der Waals surface area contributed by atoms with Crippen LogP contribution in [-0.4, -0.2) is 17.0 Å². The molecule has 4 unspecified atom stereocenters. The summed E-state index contributed by atoms with van der Waals surface area (Å²) in [6, 6.07) is 0.455. The second kappa shape index (κ2) is 4.13. The third-order valence-electron chi connectivity index (χ3n) is 4.47. The molecule has 1 aromatic rings. The molecule has 0 aliphatic heterocycles. The normalized spacial score (nSPS) is 34.2. The van der Waals surface area contributed by atoms with Crippen molar-refractivity contribution in [3.63, 3.8) is 0 Å². The van der Waals surface area contributed by atoms with E-state index in [-0.39, 0.29) is 0 Å². The maximum atomic E-state index is 4.14. The van der Waals surface area contributed by atoms with Gasteiger partial charge >= 0.3 is 0 Å². The fourth-order valence-electron chi connectivity index (χ4n) is 3.80. The predicted molar refractivity (Wildman–Crippen MR) is 62.8 cm³/mol. The smallest absolute Gasteiger partial charge is 0.115 e. The second-order valence-corrected chi connectivity index (χ2v) is 5.28. The van der Waals surface area contributed by atoms with Gasteiger partial charge in [-0.3, -0.25) is 0 Å². The lowest BCUT2D eigenvalue weighted by atomic mass is 9.81. The first-order chi connectivity index (χ1) is 7.88. The zero-order chi connectivity index (χ0) is 11.0. The second-order valence-electron chi connectivity index (χ2n) is 5.28. The van der Waals surface area contributed by atoms with Crippen molar-refractivity contribution >= 4 is 0 Å². The van der Waals surface area contributed by atoms with Crippen molar-refractivity contribution in [1.29, 1.82) is 0 Å². The Labute approximate surface area is 96.7 Å². The molecule has 0 aromatic carbocycles. The summed E-state index contributed by atoms with van der Waals surface area (Å²) in [5, 5.41) is 3.47. The number of hydrogen-bond donors (Lipinski definition) is 1. The van der Waals surface area contributed by atoms with Gasteiger partial charge in [0.2, 0.25) is 0 Å². The largest absolute Gasteiger partial charge is 0.313 e. The van der Waals surface area contributed by atoms with Crippen molar-refractivity contribution in [3.8, 4) is 0 Å².